The Morgan fingerprint density at radius 3 is 2.64 bits per heavy atom. The van der Waals surface area contributed by atoms with Crippen LogP contribution in [0.15, 0.2) is 24.3 Å². The van der Waals surface area contributed by atoms with Gasteiger partial charge >= 0.3 is 6.09 Å². The molecular weight excluding hydrogens is 420 g/mol. The van der Waals surface area contributed by atoms with E-state index in [1.807, 2.05) is 38.1 Å². The van der Waals surface area contributed by atoms with Gasteiger partial charge in [-0.15, -0.1) is 0 Å². The minimum Gasteiger partial charge on any atom is -0.453 e. The van der Waals surface area contributed by atoms with Crippen molar-refractivity contribution < 1.29 is 19.4 Å². The molecule has 33 heavy (non-hydrogen) atoms. The maximum absolute atomic E-state index is 13.4. The van der Waals surface area contributed by atoms with Crippen LogP contribution in [0.2, 0.25) is 0 Å². The Labute approximate surface area is 197 Å². The number of piperidine rings is 1. The molecule has 0 spiro atoms. The molecule has 2 aliphatic heterocycles. The highest BCUT2D eigenvalue weighted by molar-refractivity contribution is 5.95. The average Bonchev–Trinajstić information content (AvgIpc) is 2.78. The van der Waals surface area contributed by atoms with Crippen molar-refractivity contribution in [3.05, 3.63) is 29.8 Å². The monoisotopic (exact) mass is 460 g/mol. The van der Waals surface area contributed by atoms with Crippen LogP contribution in [0.3, 0.4) is 0 Å². The number of nitrogens with two attached hydrogens (primary N) is 1. The number of methoxy groups -OCH3 is 1. The second-order valence-electron chi connectivity index (χ2n) is 10.3. The number of aliphatic hydroxyl groups excluding tert-OH is 1. The standard InChI is InChI=1S/C25H40N4O4/c1-25(2,14-20(26)22(30)17-28-11-7-4-8-12-28)15-23(31)29-16-19(27-24(32)33-3)13-18-9-5-6-10-21(18)29/h5-6,9-10,19-20,22,30H,4,7-8,11-17,26H2,1-3H3,(H,27,32)/t19?,20-,22-/m0/s1. The maximum atomic E-state index is 13.4. The molecule has 0 aliphatic carbocycles. The third-order valence-corrected chi connectivity index (χ3v) is 6.77. The number of carbonyl (C=O) groups excluding carboxylic acids is 2. The summed E-state index contributed by atoms with van der Waals surface area (Å²) in [6, 6.07) is 7.19. The van der Waals surface area contributed by atoms with Gasteiger partial charge in [0.15, 0.2) is 0 Å². The second-order valence-corrected chi connectivity index (χ2v) is 10.3. The van der Waals surface area contributed by atoms with Crippen molar-refractivity contribution in [1.29, 1.82) is 0 Å². The van der Waals surface area contributed by atoms with Gasteiger partial charge in [0.2, 0.25) is 5.91 Å². The largest absolute Gasteiger partial charge is 0.453 e. The van der Waals surface area contributed by atoms with E-state index in [0.717, 1.165) is 24.3 Å². The predicted octanol–water partition coefficient (Wildman–Crippen LogP) is 2.28. The van der Waals surface area contributed by atoms with Gasteiger partial charge in [-0.2, -0.15) is 0 Å². The fraction of sp³-hybridized carbons (Fsp3) is 0.680. The SMILES string of the molecule is COC(=O)NC1Cc2ccccc2N(C(=O)CC(C)(C)C[C@H](N)[C@@H](O)CN2CCCCC2)C1. The first kappa shape index (κ1) is 25.5. The quantitative estimate of drug-likeness (QED) is 0.549. The molecule has 1 unspecified atom stereocenters. The first-order valence-corrected chi connectivity index (χ1v) is 12.1. The normalized spacial score (nSPS) is 21.1. The van der Waals surface area contributed by atoms with Gasteiger partial charge in [-0.05, 0) is 55.8 Å². The van der Waals surface area contributed by atoms with E-state index in [9.17, 15) is 14.7 Å². The number of β-amino-alcohol motifs (C(OH)–C–C–N with tert-alkyl or cyclic N) is 1. The Morgan fingerprint density at radius 1 is 1.24 bits per heavy atom. The maximum Gasteiger partial charge on any atom is 0.407 e. The number of hydrogen-bond acceptors (Lipinski definition) is 6. The first-order valence-electron chi connectivity index (χ1n) is 12.1. The lowest BCUT2D eigenvalue weighted by Gasteiger charge is -2.37. The molecular formula is C25H40N4O4. The third kappa shape index (κ3) is 7.16. The number of para-hydroxylation sites is 1. The summed E-state index contributed by atoms with van der Waals surface area (Å²) in [7, 11) is 1.33. The summed E-state index contributed by atoms with van der Waals surface area (Å²) in [5.41, 5.74) is 7.91. The van der Waals surface area contributed by atoms with Gasteiger partial charge in [-0.1, -0.05) is 38.5 Å². The number of alkyl carbamates (subject to hydrolysis) is 1. The number of benzene rings is 1. The van der Waals surface area contributed by atoms with Crippen LogP contribution in [-0.4, -0.2) is 73.5 Å². The van der Waals surface area contributed by atoms with E-state index < -0.39 is 18.2 Å². The van der Waals surface area contributed by atoms with E-state index >= 15 is 0 Å². The highest BCUT2D eigenvalue weighted by Crippen LogP contribution is 2.32. The highest BCUT2D eigenvalue weighted by Gasteiger charge is 2.34. The molecule has 1 fully saturated rings. The van der Waals surface area contributed by atoms with E-state index in [4.69, 9.17) is 10.5 Å². The van der Waals surface area contributed by atoms with Crippen molar-refractivity contribution in [2.24, 2.45) is 11.1 Å². The number of carbonyl (C=O) groups is 2. The number of hydrogen-bond donors (Lipinski definition) is 3. The van der Waals surface area contributed by atoms with Crippen molar-refractivity contribution in [1.82, 2.24) is 10.2 Å². The van der Waals surface area contributed by atoms with Gasteiger partial charge in [-0.25, -0.2) is 4.79 Å². The Balaban J connectivity index is 1.62. The number of rotatable bonds is 8. The molecule has 0 radical (unpaired) electrons. The van der Waals surface area contributed by atoms with Crippen molar-refractivity contribution in [2.75, 3.05) is 38.2 Å². The van der Waals surface area contributed by atoms with E-state index in [2.05, 4.69) is 10.2 Å². The number of nitrogens with one attached hydrogen (secondary N) is 1. The summed E-state index contributed by atoms with van der Waals surface area (Å²) in [6.07, 6.45) is 3.98. The van der Waals surface area contributed by atoms with Crippen LogP contribution in [0, 0.1) is 5.41 Å². The van der Waals surface area contributed by atoms with Crippen molar-refractivity contribution >= 4 is 17.7 Å². The van der Waals surface area contributed by atoms with Gasteiger partial charge in [0.1, 0.15) is 0 Å². The van der Waals surface area contributed by atoms with Crippen LogP contribution >= 0.6 is 0 Å². The summed E-state index contributed by atoms with van der Waals surface area (Å²) in [5.74, 6) is -0.0125. The van der Waals surface area contributed by atoms with Crippen molar-refractivity contribution in [3.8, 4) is 0 Å². The zero-order valence-corrected chi connectivity index (χ0v) is 20.3. The van der Waals surface area contributed by atoms with Crippen molar-refractivity contribution in [2.45, 2.75) is 70.6 Å². The lowest BCUT2D eigenvalue weighted by Crippen LogP contribution is -2.51. The molecule has 3 rings (SSSR count). The van der Waals surface area contributed by atoms with Gasteiger partial charge in [0.25, 0.3) is 0 Å². The zero-order valence-electron chi connectivity index (χ0n) is 20.3. The van der Waals surface area contributed by atoms with Gasteiger partial charge in [0.05, 0.1) is 19.3 Å². The Hall–Kier alpha value is -2.16. The van der Waals surface area contributed by atoms with E-state index in [0.29, 0.717) is 32.4 Å². The molecule has 8 heteroatoms. The molecule has 2 aliphatic rings. The molecule has 8 nitrogen and oxygen atoms in total. The number of aliphatic hydroxyl groups is 1. The Kier molecular flexibility index (Phi) is 8.73. The fourth-order valence-corrected chi connectivity index (χ4v) is 5.05. The lowest BCUT2D eigenvalue weighted by atomic mass is 9.80. The van der Waals surface area contributed by atoms with Gasteiger partial charge < -0.3 is 30.7 Å². The summed E-state index contributed by atoms with van der Waals surface area (Å²) >= 11 is 0. The minimum atomic E-state index is -0.609. The van der Waals surface area contributed by atoms with Gasteiger partial charge in [-0.3, -0.25) is 4.79 Å². The van der Waals surface area contributed by atoms with E-state index in [-0.39, 0.29) is 17.4 Å². The molecule has 0 aromatic heterocycles. The number of likely N-dealkylation sites (tertiary alicyclic amines) is 1. The molecule has 4 N–H and O–H groups in total. The zero-order chi connectivity index (χ0) is 24.0. The second kappa shape index (κ2) is 11.3. The van der Waals surface area contributed by atoms with E-state index in [1.54, 1.807) is 4.90 Å². The molecule has 1 aromatic rings. The molecule has 0 bridgehead atoms. The van der Waals surface area contributed by atoms with Crippen LogP contribution in [-0.2, 0) is 16.0 Å². The number of fused-ring (bicyclic) bond motifs is 1. The lowest BCUT2D eigenvalue weighted by molar-refractivity contribution is -0.120. The molecule has 1 saturated heterocycles. The summed E-state index contributed by atoms with van der Waals surface area (Å²) in [4.78, 5) is 29.2. The molecule has 3 atom stereocenters. The topological polar surface area (TPSA) is 108 Å². The Bertz CT molecular complexity index is 809. The third-order valence-electron chi connectivity index (χ3n) is 6.77. The smallest absolute Gasteiger partial charge is 0.407 e. The number of nitrogens with zero attached hydrogens (tertiary/aromatic N) is 2. The minimum absolute atomic E-state index is 0.0125. The summed E-state index contributed by atoms with van der Waals surface area (Å²) < 4.78 is 4.74. The van der Waals surface area contributed by atoms with Crippen LogP contribution in [0.5, 0.6) is 0 Å². The summed E-state index contributed by atoms with van der Waals surface area (Å²) in [6.45, 7) is 7.06. The van der Waals surface area contributed by atoms with Crippen molar-refractivity contribution in [3.63, 3.8) is 0 Å². The number of amides is 2. The van der Waals surface area contributed by atoms with Crippen LogP contribution in [0.25, 0.3) is 0 Å². The fourth-order valence-electron chi connectivity index (χ4n) is 5.05. The summed E-state index contributed by atoms with van der Waals surface area (Å²) in [5, 5.41) is 13.5. The molecule has 184 valence electrons. The number of ether oxygens (including phenoxy) is 1. The van der Waals surface area contributed by atoms with Gasteiger partial charge in [0, 0.05) is 31.2 Å². The van der Waals surface area contributed by atoms with E-state index in [1.165, 1.54) is 26.4 Å². The molecule has 0 saturated carbocycles. The molecule has 1 aromatic carbocycles. The highest BCUT2D eigenvalue weighted by atomic mass is 16.5. The predicted molar refractivity (Wildman–Crippen MR) is 129 cm³/mol. The molecule has 2 amide bonds. The van der Waals surface area contributed by atoms with Crippen LogP contribution in [0.1, 0.15) is 51.5 Å². The van der Waals surface area contributed by atoms with Crippen LogP contribution in [0.4, 0.5) is 10.5 Å². The number of anilines is 1. The first-order chi connectivity index (χ1) is 15.7. The average molecular weight is 461 g/mol. The van der Waals surface area contributed by atoms with Crippen LogP contribution < -0.4 is 16.0 Å². The Morgan fingerprint density at radius 2 is 1.94 bits per heavy atom. The molecule has 2 heterocycles.